The third-order valence-corrected chi connectivity index (χ3v) is 3.89. The molecule has 0 bridgehead atoms. The van der Waals surface area contributed by atoms with E-state index in [1.807, 2.05) is 0 Å². The van der Waals surface area contributed by atoms with Crippen LogP contribution in [-0.4, -0.2) is 10.7 Å². The van der Waals surface area contributed by atoms with Crippen LogP contribution in [0.15, 0.2) is 42.5 Å². The van der Waals surface area contributed by atoms with Gasteiger partial charge >= 0.3 is 0 Å². The maximum Gasteiger partial charge on any atom is 0.270 e. The van der Waals surface area contributed by atoms with Crippen molar-refractivity contribution in [3.05, 3.63) is 78.8 Å². The average Bonchev–Trinajstić information content (AvgIpc) is 2.48. The van der Waals surface area contributed by atoms with Crippen molar-refractivity contribution in [1.29, 1.82) is 0 Å². The highest BCUT2D eigenvalue weighted by atomic mass is 35.5. The number of benzene rings is 2. The molecule has 112 valence electrons. The number of halogens is 3. The molecule has 0 radical (unpaired) electrons. The number of nitro benzene ring substituents is 1. The smallest absolute Gasteiger partial charge is 0.270 e. The standard InChI is InChI=1S/C15H8Cl3NO3/c16-12-5-3-11(19(21)22)7-9(12)2-6-15(20)10-1-4-13(17)14(18)8-10/h1-8H/b6-2+. The maximum absolute atomic E-state index is 12.0. The first-order valence-electron chi connectivity index (χ1n) is 6.00. The molecule has 7 heteroatoms. The molecule has 0 heterocycles. The lowest BCUT2D eigenvalue weighted by Gasteiger charge is -2.00. The third-order valence-electron chi connectivity index (χ3n) is 2.81. The topological polar surface area (TPSA) is 60.2 Å². The van der Waals surface area contributed by atoms with E-state index in [1.54, 1.807) is 0 Å². The molecule has 4 nitrogen and oxygen atoms in total. The van der Waals surface area contributed by atoms with Crippen LogP contribution in [0, 0.1) is 10.1 Å². The first-order chi connectivity index (χ1) is 10.4. The SMILES string of the molecule is O=C(/C=C/c1cc([N+](=O)[O-])ccc1Cl)c1ccc(Cl)c(Cl)c1. The van der Waals surface area contributed by atoms with Crippen LogP contribution < -0.4 is 0 Å². The summed E-state index contributed by atoms with van der Waals surface area (Å²) in [5.41, 5.74) is 0.627. The van der Waals surface area contributed by atoms with Gasteiger partial charge in [-0.2, -0.15) is 0 Å². The third kappa shape index (κ3) is 3.85. The Morgan fingerprint density at radius 3 is 2.32 bits per heavy atom. The van der Waals surface area contributed by atoms with Gasteiger partial charge in [0.2, 0.25) is 0 Å². The van der Waals surface area contributed by atoms with Gasteiger partial charge in [-0.05, 0) is 42.0 Å². The highest BCUT2D eigenvalue weighted by molar-refractivity contribution is 6.42. The summed E-state index contributed by atoms with van der Waals surface area (Å²) in [6.07, 6.45) is 2.69. The van der Waals surface area contributed by atoms with Gasteiger partial charge in [-0.1, -0.05) is 34.8 Å². The number of rotatable bonds is 4. The van der Waals surface area contributed by atoms with E-state index in [-0.39, 0.29) is 16.5 Å². The normalized spacial score (nSPS) is 10.9. The molecule has 0 saturated carbocycles. The Bertz CT molecular complexity index is 788. The lowest BCUT2D eigenvalue weighted by Crippen LogP contribution is -1.94. The first-order valence-corrected chi connectivity index (χ1v) is 7.13. The highest BCUT2D eigenvalue weighted by Crippen LogP contribution is 2.25. The Balaban J connectivity index is 2.27. The summed E-state index contributed by atoms with van der Waals surface area (Å²) >= 11 is 17.6. The number of nitrogens with zero attached hydrogens (tertiary/aromatic N) is 1. The zero-order valence-electron chi connectivity index (χ0n) is 10.9. The number of non-ortho nitro benzene ring substituents is 1. The van der Waals surface area contributed by atoms with E-state index >= 15 is 0 Å². The van der Waals surface area contributed by atoms with Crippen LogP contribution in [-0.2, 0) is 0 Å². The number of allylic oxidation sites excluding steroid dienone is 1. The minimum atomic E-state index is -0.533. The van der Waals surface area contributed by atoms with Crippen molar-refractivity contribution in [2.24, 2.45) is 0 Å². The molecule has 0 N–H and O–H groups in total. The largest absolute Gasteiger partial charge is 0.289 e. The fourth-order valence-electron chi connectivity index (χ4n) is 1.68. The molecule has 0 aliphatic rings. The van der Waals surface area contributed by atoms with Gasteiger partial charge in [0, 0.05) is 22.7 Å². The molecule has 0 saturated heterocycles. The van der Waals surface area contributed by atoms with Crippen LogP contribution in [0.2, 0.25) is 15.1 Å². The molecule has 2 aromatic carbocycles. The summed E-state index contributed by atoms with van der Waals surface area (Å²) in [4.78, 5) is 22.3. The van der Waals surface area contributed by atoms with Crippen molar-refractivity contribution in [2.45, 2.75) is 0 Å². The number of hydrogen-bond acceptors (Lipinski definition) is 3. The first kappa shape index (κ1) is 16.5. The van der Waals surface area contributed by atoms with Crippen LogP contribution in [0.4, 0.5) is 5.69 Å². The Hall–Kier alpha value is -1.88. The van der Waals surface area contributed by atoms with Gasteiger partial charge in [0.1, 0.15) is 0 Å². The van der Waals surface area contributed by atoms with Crippen LogP contribution in [0.3, 0.4) is 0 Å². The minimum Gasteiger partial charge on any atom is -0.289 e. The number of carbonyl (C=O) groups excluding carboxylic acids is 1. The van der Waals surface area contributed by atoms with Gasteiger partial charge in [-0.25, -0.2) is 0 Å². The van der Waals surface area contributed by atoms with Gasteiger partial charge in [0.05, 0.1) is 15.0 Å². The van der Waals surface area contributed by atoms with Crippen LogP contribution in [0.1, 0.15) is 15.9 Å². The molecule has 2 rings (SSSR count). The molecule has 0 aliphatic carbocycles. The van der Waals surface area contributed by atoms with Crippen molar-refractivity contribution in [3.8, 4) is 0 Å². The lowest BCUT2D eigenvalue weighted by molar-refractivity contribution is -0.384. The summed E-state index contributed by atoms with van der Waals surface area (Å²) in [5, 5.41) is 11.7. The van der Waals surface area contributed by atoms with E-state index in [9.17, 15) is 14.9 Å². The molecule has 0 atom stereocenters. The second kappa shape index (κ2) is 6.92. The zero-order chi connectivity index (χ0) is 16.3. The molecule has 0 amide bonds. The molecule has 22 heavy (non-hydrogen) atoms. The monoisotopic (exact) mass is 355 g/mol. The Morgan fingerprint density at radius 1 is 1.00 bits per heavy atom. The molecule has 0 unspecified atom stereocenters. The number of ketones is 1. The summed E-state index contributed by atoms with van der Waals surface area (Å²) in [6, 6.07) is 8.50. The summed E-state index contributed by atoms with van der Waals surface area (Å²) in [7, 11) is 0. The van der Waals surface area contributed by atoms with Gasteiger partial charge in [-0.3, -0.25) is 14.9 Å². The Kier molecular flexibility index (Phi) is 5.19. The van der Waals surface area contributed by atoms with Crippen molar-refractivity contribution < 1.29 is 9.72 Å². The van der Waals surface area contributed by atoms with E-state index in [4.69, 9.17) is 34.8 Å². The minimum absolute atomic E-state index is 0.106. The Morgan fingerprint density at radius 2 is 1.68 bits per heavy atom. The van der Waals surface area contributed by atoms with Gasteiger partial charge in [0.25, 0.3) is 5.69 Å². The fraction of sp³-hybridized carbons (Fsp3) is 0. The maximum atomic E-state index is 12.0. The molecule has 0 spiro atoms. The number of hydrogen-bond donors (Lipinski definition) is 0. The molecule has 0 aliphatic heterocycles. The van der Waals surface area contributed by atoms with Crippen molar-refractivity contribution >= 4 is 52.3 Å². The number of nitro groups is 1. The lowest BCUT2D eigenvalue weighted by atomic mass is 10.1. The molecule has 2 aromatic rings. The number of carbonyl (C=O) groups is 1. The summed E-state index contributed by atoms with van der Waals surface area (Å²) in [5.74, 6) is -0.318. The van der Waals surface area contributed by atoms with E-state index < -0.39 is 4.92 Å². The van der Waals surface area contributed by atoms with Crippen LogP contribution in [0.25, 0.3) is 6.08 Å². The second-order valence-electron chi connectivity index (χ2n) is 4.29. The van der Waals surface area contributed by atoms with E-state index in [1.165, 1.54) is 48.6 Å². The van der Waals surface area contributed by atoms with Crippen molar-refractivity contribution in [1.82, 2.24) is 0 Å². The molecular weight excluding hydrogens is 349 g/mol. The second-order valence-corrected chi connectivity index (χ2v) is 5.51. The highest BCUT2D eigenvalue weighted by Gasteiger charge is 2.09. The van der Waals surface area contributed by atoms with Gasteiger partial charge in [-0.15, -0.1) is 0 Å². The van der Waals surface area contributed by atoms with Crippen LogP contribution in [0.5, 0.6) is 0 Å². The van der Waals surface area contributed by atoms with Gasteiger partial charge < -0.3 is 0 Å². The molecule has 0 aromatic heterocycles. The summed E-state index contributed by atoms with van der Waals surface area (Å²) in [6.45, 7) is 0. The van der Waals surface area contributed by atoms with E-state index in [0.29, 0.717) is 21.2 Å². The average molecular weight is 357 g/mol. The summed E-state index contributed by atoms with van der Waals surface area (Å²) < 4.78 is 0. The van der Waals surface area contributed by atoms with Crippen LogP contribution >= 0.6 is 34.8 Å². The van der Waals surface area contributed by atoms with E-state index in [0.717, 1.165) is 0 Å². The predicted octanol–water partition coefficient (Wildman–Crippen LogP) is 5.45. The molecular formula is C15H8Cl3NO3. The zero-order valence-corrected chi connectivity index (χ0v) is 13.2. The predicted molar refractivity (Wildman–Crippen MR) is 87.9 cm³/mol. The van der Waals surface area contributed by atoms with Crippen molar-refractivity contribution in [3.63, 3.8) is 0 Å². The molecule has 0 fully saturated rings. The van der Waals surface area contributed by atoms with E-state index in [2.05, 4.69) is 0 Å². The van der Waals surface area contributed by atoms with Gasteiger partial charge in [0.15, 0.2) is 5.78 Å². The fourth-order valence-corrected chi connectivity index (χ4v) is 2.16. The quantitative estimate of drug-likeness (QED) is 0.317. The van der Waals surface area contributed by atoms with Crippen molar-refractivity contribution in [2.75, 3.05) is 0 Å². The Labute approximate surface area is 141 Å².